The van der Waals surface area contributed by atoms with Gasteiger partial charge in [0.1, 0.15) is 5.84 Å². The molecule has 7 nitrogen and oxygen atoms in total. The van der Waals surface area contributed by atoms with Gasteiger partial charge in [0.15, 0.2) is 5.69 Å². The maximum atomic E-state index is 12.0. The molecule has 0 fully saturated rings. The first-order valence-electron chi connectivity index (χ1n) is 7.91. The van der Waals surface area contributed by atoms with Gasteiger partial charge in [-0.05, 0) is 43.9 Å². The predicted octanol–water partition coefficient (Wildman–Crippen LogP) is 2.30. The number of allylic oxidation sites excluding steroid dienone is 1. The van der Waals surface area contributed by atoms with Gasteiger partial charge in [0, 0.05) is 14.6 Å². The molecule has 2 heterocycles. The van der Waals surface area contributed by atoms with Gasteiger partial charge in [-0.3, -0.25) is 4.79 Å². The van der Waals surface area contributed by atoms with Crippen LogP contribution >= 0.6 is 0 Å². The molecule has 1 amide bonds. The number of ether oxygens (including phenoxy) is 1. The van der Waals surface area contributed by atoms with Gasteiger partial charge in [-0.1, -0.05) is 13.5 Å². The molecule has 0 unspecified atom stereocenters. The Hall–Kier alpha value is -2.41. The van der Waals surface area contributed by atoms with Crippen LogP contribution in [0.5, 0.6) is 0 Å². The maximum absolute atomic E-state index is 12.0. The van der Waals surface area contributed by atoms with Crippen LogP contribution in [0.15, 0.2) is 27.9 Å². The molecule has 2 radical (unpaired) electrons. The van der Waals surface area contributed by atoms with Gasteiger partial charge >= 0.3 is 0 Å². The summed E-state index contributed by atoms with van der Waals surface area (Å²) >= 11 is 0. The average Bonchev–Trinajstić information content (AvgIpc) is 3.03. The molecule has 0 aliphatic carbocycles. The molecule has 24 heavy (non-hydrogen) atoms. The van der Waals surface area contributed by atoms with Gasteiger partial charge in [0.2, 0.25) is 0 Å². The van der Waals surface area contributed by atoms with E-state index in [1.165, 1.54) is 0 Å². The van der Waals surface area contributed by atoms with Crippen molar-refractivity contribution in [1.82, 2.24) is 15.5 Å². The van der Waals surface area contributed by atoms with E-state index in [2.05, 4.69) is 32.6 Å². The van der Waals surface area contributed by atoms with Crippen molar-refractivity contribution in [2.75, 3.05) is 13.2 Å². The van der Waals surface area contributed by atoms with Crippen LogP contribution in [-0.2, 0) is 4.74 Å². The van der Waals surface area contributed by atoms with Crippen LogP contribution in [0.4, 0.5) is 0 Å². The van der Waals surface area contributed by atoms with Gasteiger partial charge in [0.05, 0.1) is 17.8 Å². The molecule has 0 aromatic carbocycles. The lowest BCUT2D eigenvalue weighted by atomic mass is 10.0. The van der Waals surface area contributed by atoms with Crippen molar-refractivity contribution < 1.29 is 11.0 Å². The number of hydrogen-bond acceptors (Lipinski definition) is 6. The summed E-state index contributed by atoms with van der Waals surface area (Å²) in [5.74, 6) is -0.0527. The molecule has 2 rings (SSSR count). The number of amidine groups is 1. The molecule has 1 aromatic heterocycles. The summed E-state index contributed by atoms with van der Waals surface area (Å²) in [6.07, 6.45) is 4.13. The van der Waals surface area contributed by atoms with Crippen molar-refractivity contribution in [2.45, 2.75) is 33.1 Å². The Balaban J connectivity index is 0.00000312. The molecule has 1 aliphatic heterocycles. The summed E-state index contributed by atoms with van der Waals surface area (Å²) < 4.78 is 5.41. The smallest absolute Gasteiger partial charge is 0.277 e. The number of amides is 1. The first-order chi connectivity index (χ1) is 11.6. The molecule has 0 saturated carbocycles. The number of nitrogens with one attached hydrogen (secondary N) is 1. The largest absolute Gasteiger partial charge is 0.381 e. The van der Waals surface area contributed by atoms with Gasteiger partial charge in [-0.25, -0.2) is 0 Å². The summed E-state index contributed by atoms with van der Waals surface area (Å²) in [4.78, 5) is 12.0. The highest BCUT2D eigenvalue weighted by Crippen LogP contribution is 2.12. The molecule has 7 heteroatoms. The SMILES string of the molecule is [CH]=C(CCCOCCC)C1=NN=C(NC(=O)c2ccc(C)nn2)[CH]1.[HH]. The van der Waals surface area contributed by atoms with Crippen molar-refractivity contribution in [3.05, 3.63) is 42.1 Å². The van der Waals surface area contributed by atoms with Crippen LogP contribution in [0.1, 0.15) is 43.8 Å². The Morgan fingerprint density at radius 1 is 1.29 bits per heavy atom. The summed E-state index contributed by atoms with van der Waals surface area (Å²) in [6, 6.07) is 3.32. The molecular weight excluding hydrogens is 306 g/mol. The molecule has 1 aliphatic rings. The van der Waals surface area contributed by atoms with Crippen molar-refractivity contribution in [3.8, 4) is 0 Å². The minimum atomic E-state index is -0.388. The molecule has 0 saturated heterocycles. The quantitative estimate of drug-likeness (QED) is 0.741. The molecule has 0 atom stereocenters. The van der Waals surface area contributed by atoms with E-state index in [9.17, 15) is 4.79 Å². The molecule has 128 valence electrons. The van der Waals surface area contributed by atoms with Gasteiger partial charge < -0.3 is 10.1 Å². The molecule has 1 aromatic rings. The van der Waals surface area contributed by atoms with E-state index in [0.717, 1.165) is 25.1 Å². The zero-order chi connectivity index (χ0) is 17.4. The fourth-order valence-corrected chi connectivity index (χ4v) is 1.95. The van der Waals surface area contributed by atoms with Crippen molar-refractivity contribution in [3.63, 3.8) is 0 Å². The summed E-state index contributed by atoms with van der Waals surface area (Å²) in [7, 11) is 0. The maximum Gasteiger partial charge on any atom is 0.277 e. The van der Waals surface area contributed by atoms with Crippen LogP contribution in [-0.4, -0.2) is 40.9 Å². The third-order valence-electron chi connectivity index (χ3n) is 3.22. The van der Waals surface area contributed by atoms with E-state index in [0.29, 0.717) is 30.1 Å². The Bertz CT molecular complexity index is 656. The van der Waals surface area contributed by atoms with E-state index in [1.54, 1.807) is 25.5 Å². The fourth-order valence-electron chi connectivity index (χ4n) is 1.95. The number of carbonyl (C=O) groups is 1. The topological polar surface area (TPSA) is 88.8 Å². The second kappa shape index (κ2) is 9.02. The molecule has 0 spiro atoms. The zero-order valence-electron chi connectivity index (χ0n) is 14.0. The minimum Gasteiger partial charge on any atom is -0.381 e. The highest BCUT2D eigenvalue weighted by atomic mass is 16.5. The highest BCUT2D eigenvalue weighted by Gasteiger charge is 2.19. The minimum absolute atomic E-state index is 0. The lowest BCUT2D eigenvalue weighted by Crippen LogP contribution is -2.31. The summed E-state index contributed by atoms with van der Waals surface area (Å²) in [5.41, 5.74) is 2.15. The summed E-state index contributed by atoms with van der Waals surface area (Å²) in [5, 5.41) is 18.2. The van der Waals surface area contributed by atoms with Crippen LogP contribution in [0.2, 0.25) is 0 Å². The second-order valence-corrected chi connectivity index (χ2v) is 5.37. The van der Waals surface area contributed by atoms with Crippen LogP contribution < -0.4 is 5.32 Å². The first-order valence-corrected chi connectivity index (χ1v) is 7.91. The number of hydrogen-bond donors (Lipinski definition) is 1. The van der Waals surface area contributed by atoms with Gasteiger partial charge in [-0.15, -0.1) is 10.2 Å². The van der Waals surface area contributed by atoms with Crippen LogP contribution in [0.25, 0.3) is 0 Å². The van der Waals surface area contributed by atoms with E-state index < -0.39 is 0 Å². The standard InChI is InChI=1S/C17H21N5O2.H2/c1-4-9-24-10-5-6-12(2)15-11-16(22-21-15)18-17(23)14-8-7-13(3)19-20-14;/h2,7-8,11H,4-6,9-10H2,1,3H3,(H,18,22,23);1H. The highest BCUT2D eigenvalue weighted by molar-refractivity contribution is 6.26. The van der Waals surface area contributed by atoms with Crippen LogP contribution in [0.3, 0.4) is 0 Å². The Kier molecular flexibility index (Phi) is 6.74. The zero-order valence-corrected chi connectivity index (χ0v) is 14.0. The number of aryl methyl sites for hydroxylation is 1. The lowest BCUT2D eigenvalue weighted by Gasteiger charge is -2.06. The van der Waals surface area contributed by atoms with E-state index in [-0.39, 0.29) is 13.0 Å². The average molecular weight is 329 g/mol. The Labute approximate surface area is 143 Å². The Morgan fingerprint density at radius 3 is 2.83 bits per heavy atom. The lowest BCUT2D eigenvalue weighted by molar-refractivity contribution is 0.0971. The van der Waals surface area contributed by atoms with E-state index in [1.807, 2.05) is 0 Å². The van der Waals surface area contributed by atoms with Crippen molar-refractivity contribution in [1.29, 1.82) is 0 Å². The fraction of sp³-hybridized carbons (Fsp3) is 0.412. The molecule has 1 N–H and O–H groups in total. The van der Waals surface area contributed by atoms with Gasteiger partial charge in [0.25, 0.3) is 5.91 Å². The van der Waals surface area contributed by atoms with Crippen molar-refractivity contribution in [2.24, 2.45) is 10.2 Å². The molecular formula is C17H23N5O2. The van der Waals surface area contributed by atoms with Crippen molar-refractivity contribution >= 4 is 17.5 Å². The monoisotopic (exact) mass is 329 g/mol. The van der Waals surface area contributed by atoms with E-state index >= 15 is 0 Å². The number of aromatic nitrogens is 2. The Morgan fingerprint density at radius 2 is 2.12 bits per heavy atom. The number of carbonyl (C=O) groups excluding carboxylic acids is 1. The van der Waals surface area contributed by atoms with Gasteiger partial charge in [-0.2, -0.15) is 10.2 Å². The normalized spacial score (nSPS) is 13.4. The predicted molar refractivity (Wildman–Crippen MR) is 93.7 cm³/mol. The molecule has 0 bridgehead atoms. The second-order valence-electron chi connectivity index (χ2n) is 5.37. The third-order valence-corrected chi connectivity index (χ3v) is 3.22. The number of nitrogens with zero attached hydrogens (tertiary/aromatic N) is 4. The summed E-state index contributed by atoms with van der Waals surface area (Å²) in [6.45, 7) is 11.3. The first kappa shape index (κ1) is 17.9. The third kappa shape index (κ3) is 5.34. The van der Waals surface area contributed by atoms with Crippen LogP contribution in [0, 0.1) is 19.9 Å². The number of rotatable bonds is 8. The van der Waals surface area contributed by atoms with E-state index in [4.69, 9.17) is 11.3 Å².